The van der Waals surface area contributed by atoms with Gasteiger partial charge in [0.05, 0.1) is 48.5 Å². The van der Waals surface area contributed by atoms with E-state index in [0.29, 0.717) is 98.0 Å². The van der Waals surface area contributed by atoms with Gasteiger partial charge in [0.25, 0.3) is 20.0 Å². The van der Waals surface area contributed by atoms with Crippen molar-refractivity contribution in [1.29, 1.82) is 0 Å². The maximum absolute atomic E-state index is 14.3. The molecule has 33 nitrogen and oxygen atoms in total. The molecule has 13 heterocycles. The molecule has 4 aliphatic carbocycles. The van der Waals surface area contributed by atoms with Gasteiger partial charge in [0.2, 0.25) is 15.9 Å². The van der Waals surface area contributed by atoms with Crippen molar-refractivity contribution in [3.63, 3.8) is 0 Å². The largest absolute Gasteiger partial charge is 0.394 e. The van der Waals surface area contributed by atoms with Gasteiger partial charge in [0.15, 0.2) is 23.2 Å². The van der Waals surface area contributed by atoms with E-state index in [1.54, 1.807) is 101 Å². The second kappa shape index (κ2) is 33.8. The van der Waals surface area contributed by atoms with Crippen LogP contribution in [0.1, 0.15) is 134 Å². The Morgan fingerprint density at radius 1 is 0.513 bits per heavy atom. The number of halogens is 3. The first-order valence-electron chi connectivity index (χ1n) is 40.8. The minimum Gasteiger partial charge on any atom is -0.394 e. The molecule has 12 aliphatic rings. The molecule has 119 heavy (non-hydrogen) atoms. The molecule has 9 unspecified atom stereocenters. The van der Waals surface area contributed by atoms with Crippen molar-refractivity contribution in [2.45, 2.75) is 200 Å². The Hall–Kier alpha value is -5.51. The van der Waals surface area contributed by atoms with Gasteiger partial charge < -0.3 is 91.5 Å². The standard InChI is InChI=1S/C32H42ClN4O9PS.C27H31ClN4O6S.C20H27ClN3O7P/c1-5-42-47(38,43-6-2)19-41-18-24-28-29(46-32(3,4)45-28)27(44-24)23-17-37(48(39,40)22-13-8-7-9-14-22)26-25(23)34-31(33)35-30(26)36-15-20-11-10-12-21(20)16-36;1-27(2)37-23-19(14-33)36-22(24(23)38-27)18-13-32(39(34,35)17-9-4-3-5-10-17)21-20(18)29-26(28)30-25(21)31-11-15-7-6-8-16(15)12-31;21-20-22-15-12(18-17(26)16(25)14(31-18)8-30-9-32(27,28)29)4-5-13(15)19(23-20)24-6-10-2-1-3-11(10)7-24/h7-9,13-14,17,20-21,24,27-29H,5-6,10-12,15-16,18-19H2,1-4H3;3-5,9-10,13,15-16,19,22-24,33H,6-8,11-12,14H2,1-2H3;4,10-11,14,16-18,25-26H,1-3,5-9H2,(H2,27,28,29)/t20?,21?,24-,27?,28-,29+;15?,16?,19-,22?,23-,24+;10?,11?,14-,16-,17-,18?/m111/s1. The molecule has 2 aromatic carbocycles. The molecule has 0 amide bonds. The molecule has 646 valence electrons. The van der Waals surface area contributed by atoms with E-state index in [9.17, 15) is 41.3 Å². The molecule has 3 saturated carbocycles. The summed E-state index contributed by atoms with van der Waals surface area (Å²) in [5, 5.41) is 31.2. The van der Waals surface area contributed by atoms with Crippen LogP contribution in [0, 0.1) is 35.5 Å². The number of hydrogen-bond donors (Lipinski definition) is 5. The first-order valence-corrected chi connectivity index (χ1v) is 48.4. The van der Waals surface area contributed by atoms with Gasteiger partial charge in [-0.2, -0.15) is 9.97 Å². The van der Waals surface area contributed by atoms with E-state index in [0.717, 1.165) is 76.3 Å². The van der Waals surface area contributed by atoms with Crippen LogP contribution in [0.25, 0.3) is 27.6 Å². The van der Waals surface area contributed by atoms with Crippen LogP contribution in [0.3, 0.4) is 0 Å². The molecule has 5 N–H and O–H groups in total. The van der Waals surface area contributed by atoms with Crippen LogP contribution < -0.4 is 14.7 Å². The Morgan fingerprint density at radius 2 is 0.908 bits per heavy atom. The highest BCUT2D eigenvalue weighted by atomic mass is 35.5. The second-order valence-corrected chi connectivity index (χ2v) is 41.9. The predicted molar refractivity (Wildman–Crippen MR) is 436 cm³/mol. The summed E-state index contributed by atoms with van der Waals surface area (Å²) < 4.78 is 149. The molecule has 8 aliphatic heterocycles. The number of allylic oxidation sites excluding steroid dienone is 1. The number of fused-ring (bicyclic) bond motifs is 8. The highest BCUT2D eigenvalue weighted by molar-refractivity contribution is 7.90. The van der Waals surface area contributed by atoms with E-state index >= 15 is 0 Å². The minimum atomic E-state index is -4.34. The fourth-order valence-corrected chi connectivity index (χ4v) is 25.0. The summed E-state index contributed by atoms with van der Waals surface area (Å²) in [5.41, 5.74) is 4.61. The highest BCUT2D eigenvalue weighted by Crippen LogP contribution is 2.54. The molecule has 0 bridgehead atoms. The van der Waals surface area contributed by atoms with E-state index in [4.69, 9.17) is 96.3 Å². The van der Waals surface area contributed by atoms with Gasteiger partial charge in [-0.05, 0) is 181 Å². The zero-order valence-electron chi connectivity index (χ0n) is 66.6. The van der Waals surface area contributed by atoms with Gasteiger partial charge in [-0.15, -0.1) is 0 Å². The van der Waals surface area contributed by atoms with Gasteiger partial charge in [0, 0.05) is 73.9 Å². The van der Waals surface area contributed by atoms with Crippen molar-refractivity contribution in [3.8, 4) is 0 Å². The van der Waals surface area contributed by atoms with E-state index in [1.165, 1.54) is 40.0 Å². The molecule has 19 rings (SSSR count). The summed E-state index contributed by atoms with van der Waals surface area (Å²) in [5.74, 6) is 3.50. The average molecular weight is 1790 g/mol. The minimum absolute atomic E-state index is 0.000253. The topological polar surface area (TPSA) is 402 Å². The summed E-state index contributed by atoms with van der Waals surface area (Å²) in [6.45, 7) is 15.6. The maximum Gasteiger partial charge on any atom is 0.356 e. The quantitative estimate of drug-likeness (QED) is 0.0293. The van der Waals surface area contributed by atoms with Crippen molar-refractivity contribution in [3.05, 3.63) is 117 Å². The number of rotatable bonds is 23. The lowest BCUT2D eigenvalue weighted by molar-refractivity contribution is -0.192. The van der Waals surface area contributed by atoms with E-state index in [1.807, 2.05) is 19.9 Å². The molecular weight excluding hydrogens is 1690 g/mol. The zero-order valence-corrected chi connectivity index (χ0v) is 72.3. The number of anilines is 3. The smallest absolute Gasteiger partial charge is 0.356 e. The van der Waals surface area contributed by atoms with Crippen molar-refractivity contribution in [2.75, 3.05) is 99.7 Å². The molecule has 40 heteroatoms. The zero-order chi connectivity index (χ0) is 83.6. The predicted octanol–water partition coefficient (Wildman–Crippen LogP) is 10.2. The van der Waals surface area contributed by atoms with E-state index in [2.05, 4.69) is 44.6 Å². The fraction of sp³-hybridized carbons (Fsp3) is 0.620. The fourth-order valence-electron chi connectivity index (χ4n) is 20.1. The van der Waals surface area contributed by atoms with Crippen LogP contribution in [0.2, 0.25) is 15.9 Å². The molecule has 5 aromatic heterocycles. The number of aromatic nitrogens is 8. The van der Waals surface area contributed by atoms with Gasteiger partial charge in [0.1, 0.15) is 114 Å². The SMILES string of the molecule is CC1(C)O[C@@H]2[C@@H](CO)OC(c3cn(S(=O)(=O)c4ccccc4)c4c(N5CC6CCCC6C5)nc(Cl)nc34)[C@@H]2O1.CCOP(=O)(COC[C@H]1OC(c2cn(S(=O)(=O)c3ccccc3)c3c(N4CC5CCCC5C4)nc(Cl)nc23)[C@@H]2OC(C)(C)O[C@H]12)OCC.O=P(O)(O)COC[C@H]1OC(C2=CCc3c2nc(Cl)nc3N2CC3CCCC3C2)[C@H](O)[C@@H]1O. The Morgan fingerprint density at radius 3 is 1.35 bits per heavy atom. The van der Waals surface area contributed by atoms with E-state index in [-0.39, 0.29) is 65.0 Å². The third-order valence-electron chi connectivity index (χ3n) is 25.1. The molecule has 8 saturated heterocycles. The summed E-state index contributed by atoms with van der Waals surface area (Å²) >= 11 is 19.4. The monoisotopic (exact) mass is 1790 g/mol. The van der Waals surface area contributed by atoms with Crippen LogP contribution in [-0.2, 0) is 87.3 Å². The average Bonchev–Trinajstić information content (AvgIpc) is 1.56. The summed E-state index contributed by atoms with van der Waals surface area (Å²) in [6.07, 6.45) is 5.91. The first kappa shape index (κ1) is 85.6. The molecule has 18 atom stereocenters. The highest BCUT2D eigenvalue weighted by Gasteiger charge is 2.59. The first-order chi connectivity index (χ1) is 56.8. The van der Waals surface area contributed by atoms with Crippen molar-refractivity contribution in [1.82, 2.24) is 37.8 Å². The van der Waals surface area contributed by atoms with Crippen LogP contribution in [0.15, 0.2) is 88.9 Å². The summed E-state index contributed by atoms with van der Waals surface area (Å²) in [6, 6.07) is 16.6. The van der Waals surface area contributed by atoms with Gasteiger partial charge in [-0.25, -0.2) is 44.7 Å². The Labute approximate surface area is 704 Å². The maximum atomic E-state index is 14.3. The molecular formula is C79H100Cl3N11O22P2S2. The van der Waals surface area contributed by atoms with Crippen LogP contribution in [0.5, 0.6) is 0 Å². The summed E-state index contributed by atoms with van der Waals surface area (Å²) in [7, 11) is -15.9. The Balaban J connectivity index is 0.000000130. The number of benzene rings is 2. The summed E-state index contributed by atoms with van der Waals surface area (Å²) in [4.78, 5) is 52.1. The van der Waals surface area contributed by atoms with Crippen molar-refractivity contribution >= 4 is 115 Å². The van der Waals surface area contributed by atoms with E-state index < -0.39 is 126 Å². The third-order valence-corrected chi connectivity index (χ3v) is 31.3. The number of aliphatic hydroxyl groups excluding tert-OH is 3. The lowest BCUT2D eigenvalue weighted by Gasteiger charge is -2.24. The van der Waals surface area contributed by atoms with Gasteiger partial charge in [-0.1, -0.05) is 61.7 Å². The number of nitrogens with zero attached hydrogens (tertiary/aromatic N) is 11. The lowest BCUT2D eigenvalue weighted by Crippen LogP contribution is -2.34. The van der Waals surface area contributed by atoms with Crippen molar-refractivity contribution < 1.29 is 103 Å². The Kier molecular flexibility index (Phi) is 24.3. The third kappa shape index (κ3) is 16.8. The second-order valence-electron chi connectivity index (χ2n) is 33.7. The number of hydrogen-bond acceptors (Lipinski definition) is 29. The number of ether oxygens (including phenoxy) is 9. The Bertz CT molecular complexity index is 5270. The molecule has 11 fully saturated rings. The van der Waals surface area contributed by atoms with Crippen LogP contribution in [0.4, 0.5) is 17.5 Å². The van der Waals surface area contributed by atoms with Crippen molar-refractivity contribution in [2.24, 2.45) is 35.5 Å². The molecule has 0 spiro atoms. The molecule has 0 radical (unpaired) electrons. The lowest BCUT2D eigenvalue weighted by atomic mass is 10.0. The normalized spacial score (nSPS) is 31.0. The molecule has 7 aromatic rings. The van der Waals surface area contributed by atoms with Crippen LogP contribution in [-0.4, -0.2) is 237 Å². The van der Waals surface area contributed by atoms with Gasteiger partial charge >= 0.3 is 15.2 Å². The van der Waals surface area contributed by atoms with Crippen LogP contribution >= 0.6 is 50.0 Å². The number of aliphatic hydroxyl groups is 3. The van der Waals surface area contributed by atoms with Gasteiger partial charge in [-0.3, -0.25) is 9.13 Å².